The number of nitrogens with two attached hydrogens (primary N) is 1. The molecule has 2 N–H and O–H groups in total. The average Bonchev–Trinajstić information content (AvgIpc) is 2.22. The third-order valence-electron chi connectivity index (χ3n) is 2.18. The molecule has 2 nitrogen and oxygen atoms in total. The van der Waals surface area contributed by atoms with Gasteiger partial charge in [0.2, 0.25) is 0 Å². The van der Waals surface area contributed by atoms with E-state index in [2.05, 4.69) is 12.2 Å². The van der Waals surface area contributed by atoms with Gasteiger partial charge >= 0.3 is 6.18 Å². The number of halogens is 4. The normalized spacial score (nSPS) is 13.3. The van der Waals surface area contributed by atoms with E-state index in [0.717, 1.165) is 0 Å². The third kappa shape index (κ3) is 4.80. The monoisotopic (exact) mass is 297 g/mol. The molecule has 7 heteroatoms. The predicted molar refractivity (Wildman–Crippen MR) is 67.4 cm³/mol. The van der Waals surface area contributed by atoms with Crippen molar-refractivity contribution in [2.24, 2.45) is 11.7 Å². The molecule has 0 aliphatic rings. The first-order chi connectivity index (χ1) is 8.30. The zero-order valence-electron chi connectivity index (χ0n) is 9.21. The van der Waals surface area contributed by atoms with Crippen LogP contribution in [0.5, 0.6) is 0 Å². The second-order valence-corrected chi connectivity index (χ2v) is 4.55. The average molecular weight is 298 g/mol. The van der Waals surface area contributed by atoms with Gasteiger partial charge in [-0.2, -0.15) is 13.2 Å². The van der Waals surface area contributed by atoms with Crippen molar-refractivity contribution in [3.8, 4) is 0 Å². The fourth-order valence-electron chi connectivity index (χ4n) is 1.26. The van der Waals surface area contributed by atoms with E-state index in [0.29, 0.717) is 10.6 Å². The van der Waals surface area contributed by atoms with Gasteiger partial charge in [-0.3, -0.25) is 0 Å². The van der Waals surface area contributed by atoms with Crippen LogP contribution < -0.4 is 5.73 Å². The van der Waals surface area contributed by atoms with Crippen LogP contribution in [0, 0.1) is 5.92 Å². The van der Waals surface area contributed by atoms with Crippen molar-refractivity contribution in [2.45, 2.75) is 12.8 Å². The molecule has 0 saturated carbocycles. The summed E-state index contributed by atoms with van der Waals surface area (Å²) in [7, 11) is 0. The maximum absolute atomic E-state index is 12.5. The Morgan fingerprint density at radius 3 is 2.61 bits per heavy atom. The highest BCUT2D eigenvalue weighted by Gasteiger charge is 2.41. The Bertz CT molecular complexity index is 425. The molecule has 18 heavy (non-hydrogen) atoms. The Morgan fingerprint density at radius 1 is 1.44 bits per heavy atom. The van der Waals surface area contributed by atoms with Crippen LogP contribution in [-0.2, 0) is 11.3 Å². The predicted octanol–water partition coefficient (Wildman–Crippen LogP) is 3.32. The number of thiocarbonyl (C=S) groups is 1. The zero-order valence-corrected chi connectivity index (χ0v) is 10.8. The Balaban J connectivity index is 2.52. The number of benzene rings is 1. The highest BCUT2D eigenvalue weighted by atomic mass is 35.5. The van der Waals surface area contributed by atoms with Gasteiger partial charge < -0.3 is 10.5 Å². The van der Waals surface area contributed by atoms with Crippen molar-refractivity contribution in [2.75, 3.05) is 6.61 Å². The van der Waals surface area contributed by atoms with Gasteiger partial charge in [-0.25, -0.2) is 0 Å². The Morgan fingerprint density at radius 2 is 2.11 bits per heavy atom. The molecule has 0 spiro atoms. The van der Waals surface area contributed by atoms with E-state index in [1.54, 1.807) is 24.3 Å². The molecule has 0 heterocycles. The molecule has 0 aliphatic carbocycles. The van der Waals surface area contributed by atoms with Crippen molar-refractivity contribution in [1.29, 1.82) is 0 Å². The molecule has 0 aromatic heterocycles. The van der Waals surface area contributed by atoms with Crippen molar-refractivity contribution >= 4 is 28.8 Å². The summed E-state index contributed by atoms with van der Waals surface area (Å²) in [6, 6.07) is 6.68. The van der Waals surface area contributed by atoms with Gasteiger partial charge in [0.25, 0.3) is 0 Å². The highest BCUT2D eigenvalue weighted by molar-refractivity contribution is 7.80. The molecule has 0 bridgehead atoms. The molecule has 0 radical (unpaired) electrons. The second kappa shape index (κ2) is 6.36. The molecule has 1 rings (SSSR count). The minimum atomic E-state index is -4.49. The van der Waals surface area contributed by atoms with Gasteiger partial charge in [-0.15, -0.1) is 0 Å². The van der Waals surface area contributed by atoms with Gasteiger partial charge in [0.1, 0.15) is 5.92 Å². The fourth-order valence-corrected chi connectivity index (χ4v) is 1.67. The van der Waals surface area contributed by atoms with Crippen LogP contribution in [0.15, 0.2) is 24.3 Å². The summed E-state index contributed by atoms with van der Waals surface area (Å²) in [4.78, 5) is -0.617. The molecule has 0 saturated heterocycles. The molecule has 0 amide bonds. The summed E-state index contributed by atoms with van der Waals surface area (Å²) in [6.07, 6.45) is -4.49. The quantitative estimate of drug-likeness (QED) is 0.847. The van der Waals surface area contributed by atoms with Crippen LogP contribution in [0.4, 0.5) is 13.2 Å². The van der Waals surface area contributed by atoms with E-state index < -0.39 is 23.7 Å². The molecule has 1 atom stereocenters. The Labute approximate surface area is 113 Å². The second-order valence-electron chi connectivity index (χ2n) is 3.64. The van der Waals surface area contributed by atoms with Gasteiger partial charge in [0, 0.05) is 5.02 Å². The van der Waals surface area contributed by atoms with Crippen LogP contribution in [0.2, 0.25) is 5.02 Å². The number of alkyl halides is 3. The molecule has 100 valence electrons. The van der Waals surface area contributed by atoms with Crippen molar-refractivity contribution in [1.82, 2.24) is 0 Å². The third-order valence-corrected chi connectivity index (χ3v) is 2.70. The summed E-state index contributed by atoms with van der Waals surface area (Å²) in [5.74, 6) is -1.92. The van der Waals surface area contributed by atoms with Gasteiger partial charge in [0.15, 0.2) is 0 Å². The van der Waals surface area contributed by atoms with Crippen molar-refractivity contribution in [3.63, 3.8) is 0 Å². The lowest BCUT2D eigenvalue weighted by atomic mass is 10.1. The topological polar surface area (TPSA) is 35.2 Å². The standard InChI is InChI=1S/C11H11ClF3NOS/c12-8-3-1-2-7(4-8)5-17-6-9(10(16)18)11(13,14)15/h1-4,9H,5-6H2,(H2,16,18). The first-order valence-electron chi connectivity index (χ1n) is 4.99. The van der Waals surface area contributed by atoms with E-state index in [4.69, 9.17) is 22.1 Å². The largest absolute Gasteiger partial charge is 0.400 e. The minimum absolute atomic E-state index is 0.0236. The van der Waals surface area contributed by atoms with Crippen molar-refractivity contribution in [3.05, 3.63) is 34.9 Å². The van der Waals surface area contributed by atoms with Crippen LogP contribution in [-0.4, -0.2) is 17.8 Å². The molecular formula is C11H11ClF3NOS. The maximum atomic E-state index is 12.5. The molecule has 1 aromatic carbocycles. The number of hydrogen-bond acceptors (Lipinski definition) is 2. The van der Waals surface area contributed by atoms with Crippen LogP contribution in [0.3, 0.4) is 0 Å². The summed E-state index contributed by atoms with van der Waals surface area (Å²) in [6.45, 7) is -0.568. The number of rotatable bonds is 5. The highest BCUT2D eigenvalue weighted by Crippen LogP contribution is 2.27. The van der Waals surface area contributed by atoms with Gasteiger partial charge in [-0.1, -0.05) is 36.0 Å². The number of ether oxygens (including phenoxy) is 1. The summed E-state index contributed by atoms with van der Waals surface area (Å²) < 4.78 is 42.5. The van der Waals surface area contributed by atoms with Crippen LogP contribution in [0.1, 0.15) is 5.56 Å². The molecule has 0 aliphatic heterocycles. The molecular weight excluding hydrogens is 287 g/mol. The Hall–Kier alpha value is -0.850. The zero-order chi connectivity index (χ0) is 13.8. The molecule has 0 fully saturated rings. The smallest absolute Gasteiger partial charge is 0.393 e. The van der Waals surface area contributed by atoms with E-state index in [1.165, 1.54) is 0 Å². The first kappa shape index (κ1) is 15.2. The van der Waals surface area contributed by atoms with E-state index in [1.807, 2.05) is 0 Å². The Kier molecular flexibility index (Phi) is 5.37. The number of hydrogen-bond donors (Lipinski definition) is 1. The minimum Gasteiger partial charge on any atom is -0.393 e. The van der Waals surface area contributed by atoms with Crippen LogP contribution >= 0.6 is 23.8 Å². The van der Waals surface area contributed by atoms with E-state index in [-0.39, 0.29) is 6.61 Å². The van der Waals surface area contributed by atoms with Gasteiger partial charge in [0.05, 0.1) is 18.2 Å². The first-order valence-corrected chi connectivity index (χ1v) is 5.77. The lowest BCUT2D eigenvalue weighted by Crippen LogP contribution is -2.37. The SMILES string of the molecule is NC(=S)C(COCc1cccc(Cl)c1)C(F)(F)F. The van der Waals surface area contributed by atoms with E-state index >= 15 is 0 Å². The summed E-state index contributed by atoms with van der Waals surface area (Å²) in [5, 5.41) is 0.498. The lowest BCUT2D eigenvalue weighted by molar-refractivity contribution is -0.168. The maximum Gasteiger partial charge on any atom is 0.400 e. The fraction of sp³-hybridized carbons (Fsp3) is 0.364. The molecule has 1 aromatic rings. The van der Waals surface area contributed by atoms with Crippen molar-refractivity contribution < 1.29 is 17.9 Å². The summed E-state index contributed by atoms with van der Waals surface area (Å²) in [5.41, 5.74) is 5.72. The summed E-state index contributed by atoms with van der Waals surface area (Å²) >= 11 is 10.1. The van der Waals surface area contributed by atoms with Crippen LogP contribution in [0.25, 0.3) is 0 Å². The lowest BCUT2D eigenvalue weighted by Gasteiger charge is -2.18. The molecule has 1 unspecified atom stereocenters. The van der Waals surface area contributed by atoms with Gasteiger partial charge in [-0.05, 0) is 17.7 Å². The van der Waals surface area contributed by atoms with E-state index in [9.17, 15) is 13.2 Å².